The number of hydrogen-bond donors (Lipinski definition) is 3. The summed E-state index contributed by atoms with van der Waals surface area (Å²) < 4.78 is 5.28. The third-order valence-electron chi connectivity index (χ3n) is 3.33. The molecule has 0 spiro atoms. The minimum Gasteiger partial charge on any atom is -0.410 e. The highest BCUT2D eigenvalue weighted by atomic mass is 16.5. The van der Waals surface area contributed by atoms with Gasteiger partial charge in [0.2, 0.25) is 0 Å². The van der Waals surface area contributed by atoms with Crippen LogP contribution >= 0.6 is 0 Å². The van der Waals surface area contributed by atoms with Crippen molar-refractivity contribution in [3.63, 3.8) is 0 Å². The van der Waals surface area contributed by atoms with Crippen molar-refractivity contribution in [1.82, 2.24) is 5.32 Å². The monoisotopic (exact) mass is 278 g/mol. The second-order valence-corrected chi connectivity index (χ2v) is 4.68. The molecule has 6 heteroatoms. The highest BCUT2D eigenvalue weighted by Crippen LogP contribution is 2.00. The Balaban J connectivity index is 1.81. The van der Waals surface area contributed by atoms with Crippen LogP contribution in [-0.4, -0.2) is 56.2 Å². The lowest BCUT2D eigenvalue weighted by atomic mass is 10.1. The summed E-state index contributed by atoms with van der Waals surface area (Å²) in [6, 6.07) is 8.92. The highest BCUT2D eigenvalue weighted by molar-refractivity contribution is 6.45. The molecule has 0 radical (unpaired) electrons. The van der Waals surface area contributed by atoms with Gasteiger partial charge in [-0.3, -0.25) is 4.79 Å². The number of carbonyl (C=O) groups excluding carboxylic acids is 1. The summed E-state index contributed by atoms with van der Waals surface area (Å²) in [6.07, 6.45) is 0. The molecule has 1 heterocycles. The maximum absolute atomic E-state index is 12.0. The van der Waals surface area contributed by atoms with E-state index in [-0.39, 0.29) is 11.6 Å². The van der Waals surface area contributed by atoms with Crippen molar-refractivity contribution in [1.29, 1.82) is 0 Å². The Hall–Kier alpha value is -1.92. The average Bonchev–Trinajstić information content (AvgIpc) is 2.50. The molecule has 108 valence electrons. The van der Waals surface area contributed by atoms with Gasteiger partial charge in [0.05, 0.1) is 26.3 Å². The summed E-state index contributed by atoms with van der Waals surface area (Å²) in [5, 5.41) is 14.9. The van der Waals surface area contributed by atoms with Crippen LogP contribution in [0.5, 0.6) is 0 Å². The van der Waals surface area contributed by atoms with Crippen molar-refractivity contribution >= 4 is 11.6 Å². The van der Waals surface area contributed by atoms with Crippen LogP contribution in [0.3, 0.4) is 0 Å². The van der Waals surface area contributed by atoms with Crippen molar-refractivity contribution in [3.05, 3.63) is 35.9 Å². The van der Waals surface area contributed by atoms with E-state index in [9.17, 15) is 4.79 Å². The van der Waals surface area contributed by atoms with Crippen molar-refractivity contribution in [2.75, 3.05) is 39.4 Å². The number of ether oxygens (including phenoxy) is 1. The van der Waals surface area contributed by atoms with Crippen molar-refractivity contribution in [2.24, 2.45) is 5.16 Å². The molecule has 1 aromatic carbocycles. The topological polar surface area (TPSA) is 75.4 Å². The SMILES string of the molecule is O=C(NCC[NH+]1CCOCC1)/C(=N\O)c1ccccc1. The zero-order chi connectivity index (χ0) is 14.2. The van der Waals surface area contributed by atoms with Crippen LogP contribution in [0, 0.1) is 0 Å². The number of rotatable bonds is 5. The van der Waals surface area contributed by atoms with Crippen LogP contribution in [0.15, 0.2) is 35.5 Å². The van der Waals surface area contributed by atoms with E-state index in [2.05, 4.69) is 10.5 Å². The normalized spacial score (nSPS) is 16.9. The maximum Gasteiger partial charge on any atom is 0.274 e. The number of morpholine rings is 1. The predicted molar refractivity (Wildman–Crippen MR) is 74.2 cm³/mol. The van der Waals surface area contributed by atoms with Gasteiger partial charge in [-0.15, -0.1) is 0 Å². The fraction of sp³-hybridized carbons (Fsp3) is 0.429. The van der Waals surface area contributed by atoms with Gasteiger partial charge >= 0.3 is 0 Å². The van der Waals surface area contributed by atoms with Gasteiger partial charge in [0.25, 0.3) is 5.91 Å². The van der Waals surface area contributed by atoms with E-state index >= 15 is 0 Å². The Morgan fingerprint density at radius 3 is 2.65 bits per heavy atom. The number of nitrogens with zero attached hydrogens (tertiary/aromatic N) is 1. The van der Waals surface area contributed by atoms with Gasteiger partial charge in [0, 0.05) is 5.56 Å². The first-order valence-corrected chi connectivity index (χ1v) is 6.78. The quantitative estimate of drug-likeness (QED) is 0.363. The van der Waals surface area contributed by atoms with Crippen molar-refractivity contribution in [3.8, 4) is 0 Å². The summed E-state index contributed by atoms with van der Waals surface area (Å²) in [5.41, 5.74) is 0.647. The van der Waals surface area contributed by atoms with E-state index < -0.39 is 0 Å². The largest absolute Gasteiger partial charge is 0.410 e. The van der Waals surface area contributed by atoms with Crippen LogP contribution < -0.4 is 10.2 Å². The van der Waals surface area contributed by atoms with Crippen LogP contribution in [0.25, 0.3) is 0 Å². The fourth-order valence-electron chi connectivity index (χ4n) is 2.18. The second-order valence-electron chi connectivity index (χ2n) is 4.68. The molecule has 0 aliphatic carbocycles. The lowest BCUT2D eigenvalue weighted by Crippen LogP contribution is -3.14. The molecule has 0 saturated carbocycles. The molecule has 1 aliphatic heterocycles. The summed E-state index contributed by atoms with van der Waals surface area (Å²) in [6.45, 7) is 4.89. The minimum atomic E-state index is -0.355. The van der Waals surface area contributed by atoms with Gasteiger partial charge in [-0.05, 0) is 0 Å². The van der Waals surface area contributed by atoms with E-state index in [1.807, 2.05) is 6.07 Å². The highest BCUT2D eigenvalue weighted by Gasteiger charge is 2.16. The van der Waals surface area contributed by atoms with Gasteiger partial charge in [-0.25, -0.2) is 0 Å². The first-order valence-electron chi connectivity index (χ1n) is 6.78. The van der Waals surface area contributed by atoms with Gasteiger partial charge < -0.3 is 20.2 Å². The van der Waals surface area contributed by atoms with Crippen LogP contribution in [0.1, 0.15) is 5.56 Å². The molecule has 0 unspecified atom stereocenters. The molecule has 3 N–H and O–H groups in total. The molecule has 20 heavy (non-hydrogen) atoms. The number of nitrogens with one attached hydrogen (secondary N) is 2. The maximum atomic E-state index is 12.0. The van der Waals surface area contributed by atoms with E-state index in [0.717, 1.165) is 32.8 Å². The average molecular weight is 278 g/mol. The van der Waals surface area contributed by atoms with Crippen LogP contribution in [0.2, 0.25) is 0 Å². The Bertz CT molecular complexity index is 456. The van der Waals surface area contributed by atoms with Crippen LogP contribution in [0.4, 0.5) is 0 Å². The molecule has 0 atom stereocenters. The Morgan fingerprint density at radius 2 is 2.00 bits per heavy atom. The van der Waals surface area contributed by atoms with Crippen molar-refractivity contribution in [2.45, 2.75) is 0 Å². The Labute approximate surface area is 118 Å². The predicted octanol–water partition coefficient (Wildman–Crippen LogP) is -1.10. The summed E-state index contributed by atoms with van der Waals surface area (Å²) >= 11 is 0. The van der Waals surface area contributed by atoms with E-state index in [4.69, 9.17) is 9.94 Å². The van der Waals surface area contributed by atoms with E-state index in [0.29, 0.717) is 12.1 Å². The zero-order valence-corrected chi connectivity index (χ0v) is 11.3. The standard InChI is InChI=1S/C14H19N3O3/c18-14(13(16-19)12-4-2-1-3-5-12)15-6-7-17-8-10-20-11-9-17/h1-5,19H,6-11H2,(H,15,18)/p+1/b16-13-. The number of carbonyl (C=O) groups is 1. The Kier molecular flexibility index (Phi) is 5.52. The lowest BCUT2D eigenvalue weighted by molar-refractivity contribution is -0.906. The molecule has 0 bridgehead atoms. The van der Waals surface area contributed by atoms with Gasteiger partial charge in [-0.2, -0.15) is 0 Å². The third kappa shape index (κ3) is 4.04. The van der Waals surface area contributed by atoms with Gasteiger partial charge in [-0.1, -0.05) is 35.5 Å². The third-order valence-corrected chi connectivity index (χ3v) is 3.33. The first kappa shape index (κ1) is 14.5. The molecule has 1 aromatic rings. The fourth-order valence-corrected chi connectivity index (χ4v) is 2.18. The van der Waals surface area contributed by atoms with Crippen molar-refractivity contribution < 1.29 is 19.6 Å². The molecule has 2 rings (SSSR count). The Morgan fingerprint density at radius 1 is 1.30 bits per heavy atom. The van der Waals surface area contributed by atoms with Gasteiger partial charge in [0.1, 0.15) is 13.1 Å². The minimum absolute atomic E-state index is 0.0441. The second kappa shape index (κ2) is 7.62. The number of hydrogen-bond acceptors (Lipinski definition) is 4. The molecule has 1 saturated heterocycles. The number of oxime groups is 1. The summed E-state index contributed by atoms with van der Waals surface area (Å²) in [7, 11) is 0. The van der Waals surface area contributed by atoms with Crippen LogP contribution in [-0.2, 0) is 9.53 Å². The molecule has 1 aliphatic rings. The molecule has 1 fully saturated rings. The lowest BCUT2D eigenvalue weighted by Gasteiger charge is -2.23. The number of quaternary nitrogens is 1. The molecular formula is C14H20N3O3+. The zero-order valence-electron chi connectivity index (χ0n) is 11.3. The van der Waals surface area contributed by atoms with Gasteiger partial charge in [0.15, 0.2) is 5.71 Å². The first-order chi connectivity index (χ1) is 9.81. The molecular weight excluding hydrogens is 258 g/mol. The number of amides is 1. The van der Waals surface area contributed by atoms with E-state index in [1.165, 1.54) is 4.90 Å². The molecule has 0 aromatic heterocycles. The van der Waals surface area contributed by atoms with E-state index in [1.54, 1.807) is 24.3 Å². The molecule has 6 nitrogen and oxygen atoms in total. The number of benzene rings is 1. The smallest absolute Gasteiger partial charge is 0.274 e. The summed E-state index contributed by atoms with van der Waals surface area (Å²) in [4.78, 5) is 13.4. The summed E-state index contributed by atoms with van der Waals surface area (Å²) in [5.74, 6) is -0.355. The molecule has 1 amide bonds.